The van der Waals surface area contributed by atoms with E-state index in [2.05, 4.69) is 55.4 Å². The van der Waals surface area contributed by atoms with E-state index in [1.807, 2.05) is 0 Å². The summed E-state index contributed by atoms with van der Waals surface area (Å²) < 4.78 is 68.7. The molecular weight excluding hydrogens is 1280 g/mol. The fourth-order valence-corrected chi connectivity index (χ4v) is 13.6. The van der Waals surface area contributed by atoms with Gasteiger partial charge in [0.1, 0.15) is 19.3 Å². The summed E-state index contributed by atoms with van der Waals surface area (Å²) >= 11 is 0. The summed E-state index contributed by atoms with van der Waals surface area (Å²) in [6, 6.07) is 0. The summed E-state index contributed by atoms with van der Waals surface area (Å²) in [6.07, 6.45) is 53.9. The number of aliphatic hydroxyl groups excluding tert-OH is 1. The molecule has 0 aromatic heterocycles. The molecule has 0 fully saturated rings. The number of rotatable bonds is 76. The van der Waals surface area contributed by atoms with Gasteiger partial charge in [-0.2, -0.15) is 0 Å². The Kier molecular flexibility index (Phi) is 66.8. The van der Waals surface area contributed by atoms with Gasteiger partial charge in [0.05, 0.1) is 26.4 Å². The maximum atomic E-state index is 13.1. The van der Waals surface area contributed by atoms with Gasteiger partial charge in [-0.15, -0.1) is 0 Å². The smallest absolute Gasteiger partial charge is 0.462 e. The molecule has 0 aliphatic heterocycles. The van der Waals surface area contributed by atoms with Crippen molar-refractivity contribution in [1.29, 1.82) is 0 Å². The largest absolute Gasteiger partial charge is 0.472 e. The zero-order chi connectivity index (χ0) is 72.4. The number of hydrogen-bond acceptors (Lipinski definition) is 15. The molecule has 582 valence electrons. The predicted molar refractivity (Wildman–Crippen MR) is 400 cm³/mol. The number of aliphatic hydroxyl groups is 1. The second-order valence-corrected chi connectivity index (χ2v) is 33.0. The number of esters is 4. The number of carbonyl (C=O) groups excluding carboxylic acids is 4. The van der Waals surface area contributed by atoms with Crippen LogP contribution in [0.5, 0.6) is 0 Å². The lowest BCUT2D eigenvalue weighted by atomic mass is 9.99. The standard InChI is InChI=1S/C79H154O17P2/c1-9-72(8)58-50-42-34-26-16-12-10-11-13-17-29-37-45-53-61-78(83)95-74(65-89-76(81)59-51-43-35-27-18-14-15-23-31-39-47-55-69(2)3)67-93-97(85,86)91-63-73(80)64-92-98(87,88)94-68-75(96-79(84)62-54-46-38-30-22-20-25-33-41-49-57-71(6)7)66-90-77(82)60-52-44-36-28-21-19-24-32-40-48-56-70(4)5/h69-75,80H,9-68H2,1-8H3,(H,85,86)(H,87,88)/t72?,73-,74-,75-/m1/s1. The molecule has 6 atom stereocenters. The quantitative estimate of drug-likeness (QED) is 0.0222. The van der Waals surface area contributed by atoms with E-state index in [4.69, 9.17) is 37.0 Å². The summed E-state index contributed by atoms with van der Waals surface area (Å²) in [4.78, 5) is 73.0. The number of carbonyl (C=O) groups is 4. The van der Waals surface area contributed by atoms with E-state index in [0.29, 0.717) is 25.7 Å². The van der Waals surface area contributed by atoms with Crippen LogP contribution in [0.3, 0.4) is 0 Å². The number of ether oxygens (including phenoxy) is 4. The van der Waals surface area contributed by atoms with Crippen LogP contribution in [0.25, 0.3) is 0 Å². The van der Waals surface area contributed by atoms with Gasteiger partial charge in [-0.25, -0.2) is 9.13 Å². The zero-order valence-corrected chi connectivity index (χ0v) is 66.2. The summed E-state index contributed by atoms with van der Waals surface area (Å²) in [5.74, 6) is 1.01. The Hall–Kier alpha value is -1.94. The van der Waals surface area contributed by atoms with Gasteiger partial charge in [0.15, 0.2) is 12.2 Å². The Morgan fingerprint density at radius 2 is 0.490 bits per heavy atom. The summed E-state index contributed by atoms with van der Waals surface area (Å²) in [7, 11) is -9.92. The molecule has 0 heterocycles. The van der Waals surface area contributed by atoms with Crippen molar-refractivity contribution >= 4 is 39.5 Å². The lowest BCUT2D eigenvalue weighted by molar-refractivity contribution is -0.161. The van der Waals surface area contributed by atoms with E-state index in [-0.39, 0.29) is 25.7 Å². The van der Waals surface area contributed by atoms with E-state index < -0.39 is 97.5 Å². The maximum absolute atomic E-state index is 13.1. The highest BCUT2D eigenvalue weighted by Gasteiger charge is 2.30. The second-order valence-electron chi connectivity index (χ2n) is 30.1. The number of hydrogen-bond donors (Lipinski definition) is 3. The molecule has 0 aromatic rings. The number of unbranched alkanes of at least 4 members (excludes halogenated alkanes) is 41. The van der Waals surface area contributed by atoms with Crippen molar-refractivity contribution in [3.05, 3.63) is 0 Å². The average molecular weight is 1440 g/mol. The van der Waals surface area contributed by atoms with Gasteiger partial charge in [-0.1, -0.05) is 351 Å². The first kappa shape index (κ1) is 96.1. The van der Waals surface area contributed by atoms with Crippen LogP contribution in [0.1, 0.15) is 402 Å². The minimum absolute atomic E-state index is 0.105. The molecule has 0 aliphatic carbocycles. The second kappa shape index (κ2) is 68.2. The fourth-order valence-electron chi connectivity index (χ4n) is 12.0. The van der Waals surface area contributed by atoms with Gasteiger partial charge in [-0.05, 0) is 49.4 Å². The summed E-state index contributed by atoms with van der Waals surface area (Å²) in [5.41, 5.74) is 0. The SMILES string of the molecule is CCC(C)CCCCCCCCCCCCCCCCC(=O)O[C@H](COC(=O)CCCCCCCCCCCCCC(C)C)COP(=O)(O)OC[C@@H](O)COP(=O)(O)OC[C@@H](COC(=O)CCCCCCCCCCCCC(C)C)OC(=O)CCCCCCCCCCCCC(C)C. The highest BCUT2D eigenvalue weighted by molar-refractivity contribution is 7.47. The van der Waals surface area contributed by atoms with E-state index >= 15 is 0 Å². The zero-order valence-electron chi connectivity index (χ0n) is 64.4. The van der Waals surface area contributed by atoms with Gasteiger partial charge < -0.3 is 33.8 Å². The van der Waals surface area contributed by atoms with Gasteiger partial charge in [-0.3, -0.25) is 37.3 Å². The topological polar surface area (TPSA) is 237 Å². The Labute approximate surface area is 600 Å². The van der Waals surface area contributed by atoms with Crippen molar-refractivity contribution in [2.75, 3.05) is 39.6 Å². The maximum Gasteiger partial charge on any atom is 0.472 e. The van der Waals surface area contributed by atoms with Crippen LogP contribution in [-0.4, -0.2) is 96.7 Å². The van der Waals surface area contributed by atoms with Crippen LogP contribution in [0, 0.1) is 23.7 Å². The molecule has 3 N–H and O–H groups in total. The minimum Gasteiger partial charge on any atom is -0.462 e. The van der Waals surface area contributed by atoms with Crippen LogP contribution in [0.4, 0.5) is 0 Å². The van der Waals surface area contributed by atoms with Crippen molar-refractivity contribution in [1.82, 2.24) is 0 Å². The van der Waals surface area contributed by atoms with E-state index in [9.17, 15) is 43.2 Å². The first-order valence-electron chi connectivity index (χ1n) is 40.7. The highest BCUT2D eigenvalue weighted by atomic mass is 31.2. The van der Waals surface area contributed by atoms with Crippen molar-refractivity contribution in [2.45, 2.75) is 420 Å². The molecule has 3 unspecified atom stereocenters. The number of phosphoric ester groups is 2. The molecule has 0 spiro atoms. The first-order chi connectivity index (χ1) is 47.1. The third-order valence-corrected chi connectivity index (χ3v) is 20.6. The Bertz CT molecular complexity index is 1920. The van der Waals surface area contributed by atoms with Crippen LogP contribution < -0.4 is 0 Å². The molecule has 0 radical (unpaired) electrons. The van der Waals surface area contributed by atoms with Crippen LogP contribution in [0.2, 0.25) is 0 Å². The summed E-state index contributed by atoms with van der Waals surface area (Å²) in [6.45, 7) is 14.3. The van der Waals surface area contributed by atoms with Gasteiger partial charge in [0, 0.05) is 25.7 Å². The van der Waals surface area contributed by atoms with Crippen molar-refractivity contribution in [3.8, 4) is 0 Å². The van der Waals surface area contributed by atoms with E-state index in [1.54, 1.807) is 0 Å². The van der Waals surface area contributed by atoms with Crippen molar-refractivity contribution in [2.24, 2.45) is 23.7 Å². The Balaban J connectivity index is 5.27. The van der Waals surface area contributed by atoms with E-state index in [1.165, 1.54) is 205 Å². The van der Waals surface area contributed by atoms with Crippen molar-refractivity contribution < 1.29 is 80.2 Å². The van der Waals surface area contributed by atoms with Crippen LogP contribution in [0.15, 0.2) is 0 Å². The summed E-state index contributed by atoms with van der Waals surface area (Å²) in [5, 5.41) is 10.6. The molecule has 0 bridgehead atoms. The first-order valence-corrected chi connectivity index (χ1v) is 43.7. The van der Waals surface area contributed by atoms with E-state index in [0.717, 1.165) is 114 Å². The van der Waals surface area contributed by atoms with Crippen LogP contribution >= 0.6 is 15.6 Å². The molecule has 0 aromatic carbocycles. The highest BCUT2D eigenvalue weighted by Crippen LogP contribution is 2.45. The predicted octanol–water partition coefficient (Wildman–Crippen LogP) is 23.2. The van der Waals surface area contributed by atoms with Gasteiger partial charge in [0.2, 0.25) is 0 Å². The molecule has 0 saturated carbocycles. The molecule has 0 amide bonds. The average Bonchev–Trinajstić information content (AvgIpc) is 1.04. The van der Waals surface area contributed by atoms with Crippen molar-refractivity contribution in [3.63, 3.8) is 0 Å². The lowest BCUT2D eigenvalue weighted by Crippen LogP contribution is -2.30. The number of phosphoric acid groups is 2. The third-order valence-electron chi connectivity index (χ3n) is 18.7. The molecule has 17 nitrogen and oxygen atoms in total. The normalized spacial score (nSPS) is 14.3. The molecule has 0 aliphatic rings. The fraction of sp³-hybridized carbons (Fsp3) is 0.949. The molecule has 0 rings (SSSR count). The molecule has 19 heteroatoms. The van der Waals surface area contributed by atoms with Gasteiger partial charge in [0.25, 0.3) is 0 Å². The Morgan fingerprint density at radius 3 is 0.724 bits per heavy atom. The molecular formula is C79H154O17P2. The third kappa shape index (κ3) is 71.1. The monoisotopic (exact) mass is 1440 g/mol. The lowest BCUT2D eigenvalue weighted by Gasteiger charge is -2.21. The minimum atomic E-state index is -4.96. The molecule has 0 saturated heterocycles. The Morgan fingerprint density at radius 1 is 0.286 bits per heavy atom. The van der Waals surface area contributed by atoms with Crippen LogP contribution in [-0.2, 0) is 65.4 Å². The molecule has 98 heavy (non-hydrogen) atoms. The van der Waals surface area contributed by atoms with Gasteiger partial charge >= 0.3 is 39.5 Å².